The number of hydrogen-bond acceptors (Lipinski definition) is 5. The molecule has 3 aromatic rings. The number of amides is 1. The number of aryl methyl sites for hydroxylation is 3. The monoisotopic (exact) mass is 387 g/mol. The molecule has 0 saturated heterocycles. The molecule has 0 unspecified atom stereocenters. The van der Waals surface area contributed by atoms with E-state index in [1.807, 2.05) is 42.8 Å². The van der Waals surface area contributed by atoms with Gasteiger partial charge in [-0.25, -0.2) is 9.50 Å². The number of hydrogen-bond donors (Lipinski definition) is 2. The Hall–Kier alpha value is -2.55. The molecule has 2 N–H and O–H groups in total. The molecule has 1 amide bonds. The Bertz CT molecular complexity index is 1030. The van der Waals surface area contributed by atoms with E-state index in [4.69, 9.17) is 12.2 Å². The maximum atomic E-state index is 12.2. The molecule has 0 radical (unpaired) electrons. The normalized spacial score (nSPS) is 11.3. The largest absolute Gasteiger partial charge is 0.356 e. The first-order chi connectivity index (χ1) is 12.9. The van der Waals surface area contributed by atoms with E-state index in [0.29, 0.717) is 30.6 Å². The Morgan fingerprint density at radius 3 is 2.81 bits per heavy atom. The van der Waals surface area contributed by atoms with Crippen molar-refractivity contribution in [2.45, 2.75) is 53.5 Å². The summed E-state index contributed by atoms with van der Waals surface area (Å²) in [6, 6.07) is 1.96. The van der Waals surface area contributed by atoms with Crippen molar-refractivity contribution in [2.75, 3.05) is 6.54 Å². The highest BCUT2D eigenvalue weighted by Crippen LogP contribution is 2.17. The molecule has 144 valence electrons. The van der Waals surface area contributed by atoms with E-state index in [0.717, 1.165) is 40.7 Å². The lowest BCUT2D eigenvalue weighted by atomic mass is 10.1. The summed E-state index contributed by atoms with van der Waals surface area (Å²) in [4.78, 5) is 16.8. The lowest BCUT2D eigenvalue weighted by molar-refractivity contribution is -0.121. The predicted molar refractivity (Wildman–Crippen MR) is 105 cm³/mol. The smallest absolute Gasteiger partial charge is 0.220 e. The Balaban J connectivity index is 1.58. The fourth-order valence-electron chi connectivity index (χ4n) is 3.31. The molecule has 0 fully saturated rings. The summed E-state index contributed by atoms with van der Waals surface area (Å²) in [6.07, 6.45) is 1.69. The van der Waals surface area contributed by atoms with Gasteiger partial charge in [-0.2, -0.15) is 10.2 Å². The van der Waals surface area contributed by atoms with Crippen LogP contribution < -0.4 is 5.32 Å². The van der Waals surface area contributed by atoms with Crippen LogP contribution in [0.25, 0.3) is 5.65 Å². The number of fused-ring (bicyclic) bond motifs is 1. The number of H-pyrrole nitrogens is 1. The van der Waals surface area contributed by atoms with Crippen molar-refractivity contribution in [1.29, 1.82) is 0 Å². The quantitative estimate of drug-likeness (QED) is 0.607. The van der Waals surface area contributed by atoms with Crippen LogP contribution in [0.15, 0.2) is 6.07 Å². The third-order valence-corrected chi connectivity index (χ3v) is 5.02. The standard InChI is InChI=1S/C18H25N7OS/c1-5-24-15(21-22-18(24)27)8-9-19-17(26)7-6-14-12(3)20-16-10-11(2)23-25(16)13(14)4/h10H,5-9H2,1-4H3,(H,19,26)(H,22,27). The zero-order valence-corrected chi connectivity index (χ0v) is 17.0. The molecule has 3 heterocycles. The van der Waals surface area contributed by atoms with Gasteiger partial charge in [0.05, 0.1) is 5.69 Å². The molecule has 3 rings (SSSR count). The highest BCUT2D eigenvalue weighted by molar-refractivity contribution is 7.71. The molecule has 0 saturated carbocycles. The minimum atomic E-state index is 0.0164. The topological polar surface area (TPSA) is 92.9 Å². The van der Waals surface area contributed by atoms with E-state index in [-0.39, 0.29) is 5.91 Å². The van der Waals surface area contributed by atoms with Gasteiger partial charge in [-0.05, 0) is 51.9 Å². The van der Waals surface area contributed by atoms with Crippen LogP contribution in [-0.2, 0) is 24.2 Å². The second-order valence-corrected chi connectivity index (χ2v) is 6.99. The molecular weight excluding hydrogens is 362 g/mol. The van der Waals surface area contributed by atoms with Crippen molar-refractivity contribution < 1.29 is 4.79 Å². The summed E-state index contributed by atoms with van der Waals surface area (Å²) >= 11 is 5.17. The van der Waals surface area contributed by atoms with E-state index in [1.54, 1.807) is 0 Å². The van der Waals surface area contributed by atoms with Gasteiger partial charge < -0.3 is 9.88 Å². The van der Waals surface area contributed by atoms with Gasteiger partial charge in [-0.15, -0.1) is 0 Å². The van der Waals surface area contributed by atoms with Crippen molar-refractivity contribution in [1.82, 2.24) is 34.7 Å². The van der Waals surface area contributed by atoms with Crippen LogP contribution in [0, 0.1) is 25.5 Å². The van der Waals surface area contributed by atoms with E-state index < -0.39 is 0 Å². The number of rotatable bonds is 7. The Morgan fingerprint density at radius 1 is 1.30 bits per heavy atom. The number of nitrogens with zero attached hydrogens (tertiary/aromatic N) is 5. The van der Waals surface area contributed by atoms with Crippen LogP contribution in [0.5, 0.6) is 0 Å². The van der Waals surface area contributed by atoms with Crippen LogP contribution in [0.3, 0.4) is 0 Å². The van der Waals surface area contributed by atoms with Gasteiger partial charge in [0.15, 0.2) is 10.4 Å². The second-order valence-electron chi connectivity index (χ2n) is 6.61. The summed E-state index contributed by atoms with van der Waals surface area (Å²) in [5, 5.41) is 14.4. The van der Waals surface area contributed by atoms with Crippen molar-refractivity contribution in [2.24, 2.45) is 0 Å². The molecule has 9 heteroatoms. The SMILES string of the molecule is CCn1c(CCNC(=O)CCc2c(C)nc3cc(C)nn3c2C)n[nH]c1=S. The third-order valence-electron chi connectivity index (χ3n) is 4.71. The van der Waals surface area contributed by atoms with Crippen LogP contribution in [-0.4, -0.2) is 41.8 Å². The Kier molecular flexibility index (Phi) is 5.69. The highest BCUT2D eigenvalue weighted by atomic mass is 32.1. The summed E-state index contributed by atoms with van der Waals surface area (Å²) in [5.74, 6) is 0.876. The van der Waals surface area contributed by atoms with E-state index in [9.17, 15) is 4.79 Å². The lowest BCUT2D eigenvalue weighted by Gasteiger charge is -2.11. The minimum Gasteiger partial charge on any atom is -0.356 e. The second kappa shape index (κ2) is 7.99. The summed E-state index contributed by atoms with van der Waals surface area (Å²) < 4.78 is 4.39. The van der Waals surface area contributed by atoms with Crippen LogP contribution in [0.1, 0.15) is 41.8 Å². The third kappa shape index (κ3) is 4.08. The fraction of sp³-hybridized carbons (Fsp3) is 0.500. The van der Waals surface area contributed by atoms with Crippen LogP contribution >= 0.6 is 12.2 Å². The molecular formula is C18H25N7OS. The minimum absolute atomic E-state index is 0.0164. The average molecular weight is 388 g/mol. The maximum absolute atomic E-state index is 12.2. The van der Waals surface area contributed by atoms with Gasteiger partial charge in [0.2, 0.25) is 5.91 Å². The van der Waals surface area contributed by atoms with Gasteiger partial charge in [0, 0.05) is 43.4 Å². The lowest BCUT2D eigenvalue weighted by Crippen LogP contribution is -2.27. The molecule has 0 aromatic carbocycles. The maximum Gasteiger partial charge on any atom is 0.220 e. The van der Waals surface area contributed by atoms with E-state index in [1.165, 1.54) is 0 Å². The first-order valence-corrected chi connectivity index (χ1v) is 9.54. The number of carbonyl (C=O) groups is 1. The van der Waals surface area contributed by atoms with Gasteiger partial charge in [0.25, 0.3) is 0 Å². The van der Waals surface area contributed by atoms with Crippen molar-refractivity contribution >= 4 is 23.8 Å². The number of aromatic nitrogens is 6. The molecule has 0 aliphatic heterocycles. The van der Waals surface area contributed by atoms with Gasteiger partial charge in [-0.3, -0.25) is 9.89 Å². The molecule has 0 aliphatic carbocycles. The first kappa shape index (κ1) is 19.2. The Labute approximate surface area is 163 Å². The number of nitrogens with one attached hydrogen (secondary N) is 2. The summed E-state index contributed by atoms with van der Waals surface area (Å²) in [5.41, 5.74) is 4.85. The van der Waals surface area contributed by atoms with E-state index in [2.05, 4.69) is 25.6 Å². The van der Waals surface area contributed by atoms with Gasteiger partial charge in [-0.1, -0.05) is 0 Å². The summed E-state index contributed by atoms with van der Waals surface area (Å²) in [6.45, 7) is 9.27. The predicted octanol–water partition coefficient (Wildman–Crippen LogP) is 2.22. The van der Waals surface area contributed by atoms with Gasteiger partial charge in [0.1, 0.15) is 5.82 Å². The molecule has 0 aliphatic rings. The molecule has 8 nitrogen and oxygen atoms in total. The Morgan fingerprint density at radius 2 is 2.07 bits per heavy atom. The van der Waals surface area contributed by atoms with Crippen LogP contribution in [0.2, 0.25) is 0 Å². The fourth-order valence-corrected chi connectivity index (χ4v) is 3.59. The first-order valence-electron chi connectivity index (χ1n) is 9.14. The van der Waals surface area contributed by atoms with Crippen molar-refractivity contribution in [3.63, 3.8) is 0 Å². The molecule has 0 bridgehead atoms. The molecule has 0 atom stereocenters. The van der Waals surface area contributed by atoms with Gasteiger partial charge >= 0.3 is 0 Å². The average Bonchev–Trinajstić information content (AvgIpc) is 3.16. The van der Waals surface area contributed by atoms with Crippen molar-refractivity contribution in [3.8, 4) is 0 Å². The van der Waals surface area contributed by atoms with E-state index >= 15 is 0 Å². The zero-order chi connectivity index (χ0) is 19.6. The van der Waals surface area contributed by atoms with Crippen LogP contribution in [0.4, 0.5) is 0 Å². The van der Waals surface area contributed by atoms with Crippen molar-refractivity contribution in [3.05, 3.63) is 39.3 Å². The number of carbonyl (C=O) groups excluding carboxylic acids is 1. The number of aromatic amines is 1. The summed E-state index contributed by atoms with van der Waals surface area (Å²) in [7, 11) is 0. The molecule has 0 spiro atoms. The zero-order valence-electron chi connectivity index (χ0n) is 16.2. The molecule has 3 aromatic heterocycles. The molecule has 27 heavy (non-hydrogen) atoms. The highest BCUT2D eigenvalue weighted by Gasteiger charge is 2.13.